The van der Waals surface area contributed by atoms with Crippen molar-refractivity contribution in [1.29, 1.82) is 5.26 Å². The highest BCUT2D eigenvalue weighted by Gasteiger charge is 2.51. The molecule has 1 fully saturated rings. The highest BCUT2D eigenvalue weighted by Crippen LogP contribution is 2.48. The Morgan fingerprint density at radius 1 is 1.36 bits per heavy atom. The third-order valence-corrected chi connectivity index (χ3v) is 5.30. The van der Waals surface area contributed by atoms with Crippen molar-refractivity contribution in [3.05, 3.63) is 29.8 Å². The fourth-order valence-electron chi connectivity index (χ4n) is 3.72. The number of methoxy groups -OCH3 is 1. The maximum atomic E-state index is 12.6. The molecule has 1 aromatic rings. The van der Waals surface area contributed by atoms with Gasteiger partial charge in [-0.2, -0.15) is 5.26 Å². The van der Waals surface area contributed by atoms with E-state index in [4.69, 9.17) is 14.2 Å². The van der Waals surface area contributed by atoms with Gasteiger partial charge in [0, 0.05) is 12.0 Å². The van der Waals surface area contributed by atoms with Crippen molar-refractivity contribution in [2.45, 2.75) is 51.0 Å². The van der Waals surface area contributed by atoms with E-state index >= 15 is 0 Å². The van der Waals surface area contributed by atoms with Crippen LogP contribution in [0.3, 0.4) is 0 Å². The van der Waals surface area contributed by atoms with Gasteiger partial charge >= 0.3 is 5.97 Å². The normalized spacial score (nSPS) is 27.2. The van der Waals surface area contributed by atoms with Crippen molar-refractivity contribution < 1.29 is 19.0 Å². The van der Waals surface area contributed by atoms with Crippen LogP contribution in [0.5, 0.6) is 5.75 Å². The summed E-state index contributed by atoms with van der Waals surface area (Å²) in [6, 6.07) is 9.86. The zero-order chi connectivity index (χ0) is 18.5. The van der Waals surface area contributed by atoms with E-state index in [1.165, 1.54) is 0 Å². The summed E-state index contributed by atoms with van der Waals surface area (Å²) in [6.07, 6.45) is 2.01. The largest absolute Gasteiger partial charge is 0.497 e. The van der Waals surface area contributed by atoms with Crippen molar-refractivity contribution in [2.24, 2.45) is 5.92 Å². The van der Waals surface area contributed by atoms with Gasteiger partial charge in [-0.1, -0.05) is 19.1 Å². The molecule has 1 aliphatic heterocycles. The minimum Gasteiger partial charge on any atom is -0.497 e. The van der Waals surface area contributed by atoms with Crippen molar-refractivity contribution in [1.82, 2.24) is 0 Å². The van der Waals surface area contributed by atoms with Gasteiger partial charge in [-0.25, -0.2) is 0 Å². The average Bonchev–Trinajstić information content (AvgIpc) is 2.62. The smallest absolute Gasteiger partial charge is 0.324 e. The van der Waals surface area contributed by atoms with E-state index < -0.39 is 17.3 Å². The molecule has 5 nitrogen and oxygen atoms in total. The van der Waals surface area contributed by atoms with Gasteiger partial charge in [0.25, 0.3) is 0 Å². The Morgan fingerprint density at radius 3 is 2.56 bits per heavy atom. The highest BCUT2D eigenvalue weighted by atomic mass is 16.5. The molecule has 0 unspecified atom stereocenters. The number of hydrogen-bond acceptors (Lipinski definition) is 5. The number of ether oxygens (including phenoxy) is 3. The molecule has 0 radical (unpaired) electrons. The van der Waals surface area contributed by atoms with Crippen LogP contribution in [0, 0.1) is 17.2 Å². The van der Waals surface area contributed by atoms with E-state index in [9.17, 15) is 10.1 Å². The van der Waals surface area contributed by atoms with Gasteiger partial charge in [0.15, 0.2) is 5.92 Å². The first-order chi connectivity index (χ1) is 11.9. The van der Waals surface area contributed by atoms with E-state index in [1.807, 2.05) is 31.2 Å². The van der Waals surface area contributed by atoms with E-state index in [-0.39, 0.29) is 12.2 Å². The Morgan fingerprint density at radius 2 is 2.04 bits per heavy atom. The van der Waals surface area contributed by atoms with Crippen LogP contribution in [0.4, 0.5) is 0 Å². The zero-order valence-electron chi connectivity index (χ0n) is 15.5. The van der Waals surface area contributed by atoms with Crippen LogP contribution < -0.4 is 4.74 Å². The molecule has 1 aromatic carbocycles. The summed E-state index contributed by atoms with van der Waals surface area (Å²) in [6.45, 7) is 6.64. The third kappa shape index (κ3) is 3.80. The molecule has 25 heavy (non-hydrogen) atoms. The van der Waals surface area contributed by atoms with E-state index in [1.54, 1.807) is 14.0 Å². The first kappa shape index (κ1) is 19.3. The van der Waals surface area contributed by atoms with Crippen LogP contribution in [0.1, 0.15) is 45.6 Å². The van der Waals surface area contributed by atoms with Gasteiger partial charge in [-0.3, -0.25) is 4.79 Å². The van der Waals surface area contributed by atoms with E-state index in [0.717, 1.165) is 17.7 Å². The predicted octanol–water partition coefficient (Wildman–Crippen LogP) is 3.61. The molecule has 0 saturated carbocycles. The number of carbonyl (C=O) groups is 1. The first-order valence-electron chi connectivity index (χ1n) is 8.79. The van der Waals surface area contributed by atoms with Crippen LogP contribution in [-0.2, 0) is 19.7 Å². The molecule has 0 amide bonds. The van der Waals surface area contributed by atoms with E-state index in [2.05, 4.69) is 13.0 Å². The molecular formula is C20H27NO4. The van der Waals surface area contributed by atoms with Crippen molar-refractivity contribution in [3.63, 3.8) is 0 Å². The molecule has 3 atom stereocenters. The average molecular weight is 345 g/mol. The van der Waals surface area contributed by atoms with Crippen molar-refractivity contribution >= 4 is 5.97 Å². The summed E-state index contributed by atoms with van der Waals surface area (Å²) in [7, 11) is 1.62. The second-order valence-corrected chi connectivity index (χ2v) is 6.78. The summed E-state index contributed by atoms with van der Waals surface area (Å²) >= 11 is 0. The third-order valence-electron chi connectivity index (χ3n) is 5.30. The van der Waals surface area contributed by atoms with Crippen molar-refractivity contribution in [3.8, 4) is 11.8 Å². The van der Waals surface area contributed by atoms with Gasteiger partial charge in [-0.05, 0) is 50.8 Å². The number of carbonyl (C=O) groups excluding carboxylic acids is 1. The summed E-state index contributed by atoms with van der Waals surface area (Å²) in [4.78, 5) is 12.6. The Hall–Kier alpha value is -2.06. The van der Waals surface area contributed by atoms with Crippen LogP contribution in [0.2, 0.25) is 0 Å². The Kier molecular flexibility index (Phi) is 6.07. The lowest BCUT2D eigenvalue weighted by atomic mass is 9.61. The minimum absolute atomic E-state index is 0.261. The van der Waals surface area contributed by atoms with Gasteiger partial charge in [-0.15, -0.1) is 0 Å². The first-order valence-corrected chi connectivity index (χ1v) is 8.79. The number of hydrogen-bond donors (Lipinski definition) is 0. The topological polar surface area (TPSA) is 68.6 Å². The SMILES string of the molecule is CCOC(=O)[C@H](C#N)[C@]1(c2ccc(OC)cc2)CCO[C@@](C)(CC)C1. The fourth-order valence-corrected chi connectivity index (χ4v) is 3.72. The second-order valence-electron chi connectivity index (χ2n) is 6.78. The quantitative estimate of drug-likeness (QED) is 0.737. The summed E-state index contributed by atoms with van der Waals surface area (Å²) in [5.41, 5.74) is -0.0494. The number of nitrogens with zero attached hydrogens (tertiary/aromatic N) is 1. The maximum absolute atomic E-state index is 12.6. The summed E-state index contributed by atoms with van der Waals surface area (Å²) in [5, 5.41) is 9.83. The number of nitriles is 1. The van der Waals surface area contributed by atoms with Gasteiger partial charge in [0.05, 0.1) is 25.4 Å². The summed E-state index contributed by atoms with van der Waals surface area (Å²) < 4.78 is 16.4. The molecule has 0 aliphatic carbocycles. The van der Waals surface area contributed by atoms with Gasteiger partial charge < -0.3 is 14.2 Å². The molecule has 1 saturated heterocycles. The molecular weight excluding hydrogens is 318 g/mol. The van der Waals surface area contributed by atoms with Crippen LogP contribution >= 0.6 is 0 Å². The van der Waals surface area contributed by atoms with Crippen LogP contribution in [-0.4, -0.2) is 31.9 Å². The lowest BCUT2D eigenvalue weighted by Crippen LogP contribution is -2.51. The zero-order valence-corrected chi connectivity index (χ0v) is 15.5. The highest BCUT2D eigenvalue weighted by molar-refractivity contribution is 5.77. The monoisotopic (exact) mass is 345 g/mol. The van der Waals surface area contributed by atoms with Crippen LogP contribution in [0.15, 0.2) is 24.3 Å². The van der Waals surface area contributed by atoms with Gasteiger partial charge in [0.1, 0.15) is 5.75 Å². The predicted molar refractivity (Wildman–Crippen MR) is 94.3 cm³/mol. The van der Waals surface area contributed by atoms with Gasteiger partial charge in [0.2, 0.25) is 0 Å². The molecule has 1 heterocycles. The fraction of sp³-hybridized carbons (Fsp3) is 0.600. The minimum atomic E-state index is -0.865. The van der Waals surface area contributed by atoms with Crippen molar-refractivity contribution in [2.75, 3.05) is 20.3 Å². The lowest BCUT2D eigenvalue weighted by Gasteiger charge is -2.47. The lowest BCUT2D eigenvalue weighted by molar-refractivity contribution is -0.154. The molecule has 0 N–H and O–H groups in total. The Balaban J connectivity index is 2.53. The number of benzene rings is 1. The molecule has 0 spiro atoms. The number of esters is 1. The summed E-state index contributed by atoms with van der Waals surface area (Å²) in [5.74, 6) is -0.578. The molecule has 0 bridgehead atoms. The van der Waals surface area contributed by atoms with Crippen LogP contribution in [0.25, 0.3) is 0 Å². The molecule has 0 aromatic heterocycles. The van der Waals surface area contributed by atoms with E-state index in [0.29, 0.717) is 19.4 Å². The number of rotatable bonds is 6. The Bertz CT molecular complexity index is 636. The molecule has 2 rings (SSSR count). The molecule has 1 aliphatic rings. The second kappa shape index (κ2) is 7.88. The maximum Gasteiger partial charge on any atom is 0.324 e. The molecule has 136 valence electrons. The Labute approximate surface area is 149 Å². The standard InChI is InChI=1S/C20H27NO4/c1-5-19(3)14-20(11-12-25-19,17(13-21)18(22)24-6-2)15-7-9-16(23-4)10-8-15/h7-10,17H,5-6,11-12,14H2,1-4H3/t17-,19-,20+/m0/s1. The molecule has 5 heteroatoms.